The standard InChI is InChI=1S/C22H20N4O2/c23-20(12-17-13-24-14-25-17)22(27)26-16-8-10-18(11-9-16)28-21-7-3-5-15-4-1-2-6-19(15)21/h1-11,13-14,20H,12,23H2,(H,24,25)(H,26,27)/t20-/m0/s1. The van der Waals surface area contributed by atoms with E-state index in [1.807, 2.05) is 54.6 Å². The Balaban J connectivity index is 1.41. The molecular formula is C22H20N4O2. The summed E-state index contributed by atoms with van der Waals surface area (Å²) in [4.78, 5) is 19.2. The summed E-state index contributed by atoms with van der Waals surface area (Å²) in [5.74, 6) is 1.22. The molecule has 4 rings (SSSR count). The number of H-pyrrole nitrogens is 1. The van der Waals surface area contributed by atoms with E-state index in [-0.39, 0.29) is 5.91 Å². The number of benzene rings is 3. The smallest absolute Gasteiger partial charge is 0.241 e. The van der Waals surface area contributed by atoms with Crippen molar-refractivity contribution in [1.29, 1.82) is 0 Å². The minimum absolute atomic E-state index is 0.259. The number of nitrogens with zero attached hydrogens (tertiary/aromatic N) is 1. The summed E-state index contributed by atoms with van der Waals surface area (Å²) in [5, 5.41) is 4.99. The van der Waals surface area contributed by atoms with Gasteiger partial charge in [-0.1, -0.05) is 36.4 Å². The summed E-state index contributed by atoms with van der Waals surface area (Å²) in [6, 6.07) is 20.6. The van der Waals surface area contributed by atoms with E-state index in [2.05, 4.69) is 15.3 Å². The fourth-order valence-electron chi connectivity index (χ4n) is 2.97. The number of nitrogens with two attached hydrogens (primary N) is 1. The van der Waals surface area contributed by atoms with E-state index in [9.17, 15) is 4.79 Å². The van der Waals surface area contributed by atoms with Crippen LogP contribution in [0.15, 0.2) is 79.3 Å². The van der Waals surface area contributed by atoms with Crippen molar-refractivity contribution in [3.63, 3.8) is 0 Å². The molecule has 0 aliphatic rings. The van der Waals surface area contributed by atoms with Crippen LogP contribution in [0.1, 0.15) is 5.69 Å². The van der Waals surface area contributed by atoms with Gasteiger partial charge in [-0.3, -0.25) is 4.79 Å². The molecule has 4 aromatic rings. The summed E-state index contributed by atoms with van der Waals surface area (Å²) in [6.45, 7) is 0. The van der Waals surface area contributed by atoms with Crippen LogP contribution in [0.4, 0.5) is 5.69 Å². The monoisotopic (exact) mass is 372 g/mol. The molecular weight excluding hydrogens is 352 g/mol. The normalized spacial score (nSPS) is 11.9. The van der Waals surface area contributed by atoms with Gasteiger partial charge in [0.2, 0.25) is 5.91 Å². The topological polar surface area (TPSA) is 93.0 Å². The second-order valence-electron chi connectivity index (χ2n) is 6.46. The highest BCUT2D eigenvalue weighted by molar-refractivity contribution is 5.95. The van der Waals surface area contributed by atoms with Gasteiger partial charge in [0.25, 0.3) is 0 Å². The summed E-state index contributed by atoms with van der Waals surface area (Å²) in [6.07, 6.45) is 3.67. The third-order valence-corrected chi connectivity index (χ3v) is 4.42. The van der Waals surface area contributed by atoms with E-state index in [1.54, 1.807) is 24.7 Å². The molecule has 28 heavy (non-hydrogen) atoms. The Labute approximate surface area is 162 Å². The lowest BCUT2D eigenvalue weighted by Gasteiger charge is -2.12. The molecule has 0 bridgehead atoms. The zero-order chi connectivity index (χ0) is 19.3. The molecule has 3 aromatic carbocycles. The van der Waals surface area contributed by atoms with Gasteiger partial charge in [0.1, 0.15) is 11.5 Å². The van der Waals surface area contributed by atoms with Gasteiger partial charge in [-0.05, 0) is 35.7 Å². The third kappa shape index (κ3) is 4.02. The number of hydrogen-bond donors (Lipinski definition) is 3. The maximum Gasteiger partial charge on any atom is 0.241 e. The Hall–Kier alpha value is -3.64. The first kappa shape index (κ1) is 17.8. The molecule has 140 valence electrons. The molecule has 0 spiro atoms. The van der Waals surface area contributed by atoms with Crippen molar-refractivity contribution >= 4 is 22.4 Å². The highest BCUT2D eigenvalue weighted by Crippen LogP contribution is 2.30. The first-order valence-electron chi connectivity index (χ1n) is 8.99. The molecule has 0 saturated carbocycles. The number of aromatic nitrogens is 2. The molecule has 1 amide bonds. The molecule has 6 nitrogen and oxygen atoms in total. The molecule has 0 radical (unpaired) electrons. The maximum atomic E-state index is 12.3. The second kappa shape index (κ2) is 7.94. The number of fused-ring (bicyclic) bond motifs is 1. The first-order valence-corrected chi connectivity index (χ1v) is 8.99. The number of ether oxygens (including phenoxy) is 1. The maximum absolute atomic E-state index is 12.3. The summed E-state index contributed by atoms with van der Waals surface area (Å²) < 4.78 is 6.02. The fraction of sp³-hybridized carbons (Fsp3) is 0.0909. The minimum atomic E-state index is -0.671. The molecule has 1 aromatic heterocycles. The summed E-state index contributed by atoms with van der Waals surface area (Å²) in [5.41, 5.74) is 7.36. The lowest BCUT2D eigenvalue weighted by atomic mass is 10.1. The molecule has 4 N–H and O–H groups in total. The van der Waals surface area contributed by atoms with Gasteiger partial charge >= 0.3 is 0 Å². The Kier molecular flexibility index (Phi) is 5.03. The van der Waals surface area contributed by atoms with Crippen molar-refractivity contribution in [2.45, 2.75) is 12.5 Å². The Morgan fingerprint density at radius 2 is 1.86 bits per heavy atom. The van der Waals surface area contributed by atoms with Crippen molar-refractivity contribution < 1.29 is 9.53 Å². The van der Waals surface area contributed by atoms with Crippen molar-refractivity contribution in [1.82, 2.24) is 9.97 Å². The van der Waals surface area contributed by atoms with Gasteiger partial charge in [0.15, 0.2) is 0 Å². The van der Waals surface area contributed by atoms with Crippen molar-refractivity contribution in [3.8, 4) is 11.5 Å². The predicted molar refractivity (Wildman–Crippen MR) is 109 cm³/mol. The van der Waals surface area contributed by atoms with Crippen LogP contribution in [-0.2, 0) is 11.2 Å². The number of carbonyl (C=O) groups excluding carboxylic acids is 1. The highest BCUT2D eigenvalue weighted by atomic mass is 16.5. The van der Waals surface area contributed by atoms with Crippen LogP contribution in [0.3, 0.4) is 0 Å². The van der Waals surface area contributed by atoms with E-state index >= 15 is 0 Å². The van der Waals surface area contributed by atoms with Crippen molar-refractivity contribution in [2.75, 3.05) is 5.32 Å². The number of rotatable bonds is 6. The Morgan fingerprint density at radius 3 is 2.64 bits per heavy atom. The number of aromatic amines is 1. The van der Waals surface area contributed by atoms with Gasteiger partial charge in [-0.25, -0.2) is 4.98 Å². The van der Waals surface area contributed by atoms with Crippen molar-refractivity contribution in [3.05, 3.63) is 84.9 Å². The highest BCUT2D eigenvalue weighted by Gasteiger charge is 2.15. The van der Waals surface area contributed by atoms with Crippen LogP contribution in [-0.4, -0.2) is 21.9 Å². The molecule has 1 heterocycles. The van der Waals surface area contributed by atoms with Crippen LogP contribution < -0.4 is 15.8 Å². The Bertz CT molecular complexity index is 1070. The molecule has 1 atom stereocenters. The van der Waals surface area contributed by atoms with Crippen LogP contribution in [0.25, 0.3) is 10.8 Å². The number of carbonyl (C=O) groups is 1. The molecule has 0 aliphatic carbocycles. The second-order valence-corrected chi connectivity index (χ2v) is 6.46. The number of anilines is 1. The Morgan fingerprint density at radius 1 is 1.07 bits per heavy atom. The molecule has 0 saturated heterocycles. The molecule has 0 fully saturated rings. The largest absolute Gasteiger partial charge is 0.457 e. The quantitative estimate of drug-likeness (QED) is 0.479. The average molecular weight is 372 g/mol. The van der Waals surface area contributed by atoms with Gasteiger partial charge in [-0.15, -0.1) is 0 Å². The lowest BCUT2D eigenvalue weighted by Crippen LogP contribution is -2.37. The molecule has 0 aliphatic heterocycles. The first-order chi connectivity index (χ1) is 13.7. The average Bonchev–Trinajstić information content (AvgIpc) is 3.23. The van der Waals surface area contributed by atoms with Crippen molar-refractivity contribution in [2.24, 2.45) is 5.73 Å². The number of hydrogen-bond acceptors (Lipinski definition) is 4. The minimum Gasteiger partial charge on any atom is -0.457 e. The summed E-state index contributed by atoms with van der Waals surface area (Å²) >= 11 is 0. The van der Waals surface area contributed by atoms with Gasteiger partial charge in [0.05, 0.1) is 18.1 Å². The SMILES string of the molecule is N[C@@H](Cc1c[nH]cn1)C(=O)Nc1ccc(Oc2cccc3ccccc23)cc1. The zero-order valence-electron chi connectivity index (χ0n) is 15.1. The van der Waals surface area contributed by atoms with Gasteiger partial charge < -0.3 is 20.8 Å². The van der Waals surface area contributed by atoms with E-state index < -0.39 is 6.04 Å². The van der Waals surface area contributed by atoms with Gasteiger partial charge in [-0.2, -0.15) is 0 Å². The van der Waals surface area contributed by atoms with Crippen LogP contribution in [0, 0.1) is 0 Å². The van der Waals surface area contributed by atoms with E-state index in [4.69, 9.17) is 10.5 Å². The molecule has 0 unspecified atom stereocenters. The van der Waals surface area contributed by atoms with Crippen LogP contribution in [0.5, 0.6) is 11.5 Å². The lowest BCUT2D eigenvalue weighted by molar-refractivity contribution is -0.117. The van der Waals surface area contributed by atoms with E-state index in [1.165, 1.54) is 0 Å². The zero-order valence-corrected chi connectivity index (χ0v) is 15.1. The number of nitrogens with one attached hydrogen (secondary N) is 2. The van der Waals surface area contributed by atoms with E-state index in [0.717, 1.165) is 22.2 Å². The van der Waals surface area contributed by atoms with Gasteiger partial charge in [0, 0.05) is 23.7 Å². The molecule has 6 heteroatoms. The van der Waals surface area contributed by atoms with E-state index in [0.29, 0.717) is 17.9 Å². The summed E-state index contributed by atoms with van der Waals surface area (Å²) in [7, 11) is 0. The number of amides is 1. The fourth-order valence-corrected chi connectivity index (χ4v) is 2.97. The van der Waals surface area contributed by atoms with Crippen LogP contribution >= 0.6 is 0 Å². The van der Waals surface area contributed by atoms with Crippen LogP contribution in [0.2, 0.25) is 0 Å². The number of imidazole rings is 1. The predicted octanol–water partition coefficient (Wildman–Crippen LogP) is 3.86. The third-order valence-electron chi connectivity index (χ3n) is 4.42.